The Morgan fingerprint density at radius 3 is 2.65 bits per heavy atom. The number of hydrogen-bond donors (Lipinski definition) is 1. The largest absolute Gasteiger partial charge is 0.486 e. The molecule has 3 heteroatoms. The van der Waals surface area contributed by atoms with Crippen molar-refractivity contribution in [1.29, 1.82) is 0 Å². The fraction of sp³-hybridized carbons (Fsp3) is 0.286. The molecule has 0 amide bonds. The standard InChI is InChI=1S/C14H17NOS/c1-3-11-5-6-12(17-11)9-16-14-8-10(2)4-7-13(14)15/h4-8H,3,9,15H2,1-2H3. The van der Waals surface area contributed by atoms with Crippen molar-refractivity contribution >= 4 is 17.0 Å². The van der Waals surface area contributed by atoms with Gasteiger partial charge >= 0.3 is 0 Å². The Morgan fingerprint density at radius 2 is 1.94 bits per heavy atom. The van der Waals surface area contributed by atoms with E-state index in [1.54, 1.807) is 11.3 Å². The van der Waals surface area contributed by atoms with Gasteiger partial charge in [-0.15, -0.1) is 11.3 Å². The molecular weight excluding hydrogens is 230 g/mol. The van der Waals surface area contributed by atoms with Crippen LogP contribution in [0, 0.1) is 6.92 Å². The lowest BCUT2D eigenvalue weighted by Gasteiger charge is -2.08. The molecule has 1 heterocycles. The fourth-order valence-corrected chi connectivity index (χ4v) is 2.48. The van der Waals surface area contributed by atoms with Crippen LogP contribution >= 0.6 is 11.3 Å². The second-order valence-corrected chi connectivity index (χ2v) is 5.30. The molecule has 0 atom stereocenters. The van der Waals surface area contributed by atoms with Crippen LogP contribution in [0.25, 0.3) is 0 Å². The Balaban J connectivity index is 2.04. The summed E-state index contributed by atoms with van der Waals surface area (Å²) in [4.78, 5) is 2.63. The van der Waals surface area contributed by atoms with Crippen molar-refractivity contribution < 1.29 is 4.74 Å². The van der Waals surface area contributed by atoms with E-state index in [4.69, 9.17) is 10.5 Å². The van der Waals surface area contributed by atoms with Gasteiger partial charge < -0.3 is 10.5 Å². The topological polar surface area (TPSA) is 35.2 Å². The molecule has 0 aliphatic heterocycles. The second kappa shape index (κ2) is 5.23. The summed E-state index contributed by atoms with van der Waals surface area (Å²) < 4.78 is 5.75. The van der Waals surface area contributed by atoms with Crippen LogP contribution in [0.3, 0.4) is 0 Å². The van der Waals surface area contributed by atoms with Gasteiger partial charge in [0.15, 0.2) is 0 Å². The molecule has 0 aliphatic carbocycles. The summed E-state index contributed by atoms with van der Waals surface area (Å²) in [7, 11) is 0. The molecule has 1 aromatic heterocycles. The molecule has 2 N–H and O–H groups in total. The van der Waals surface area contributed by atoms with Gasteiger partial charge in [-0.1, -0.05) is 13.0 Å². The third-order valence-corrected chi connectivity index (χ3v) is 3.81. The van der Waals surface area contributed by atoms with Crippen LogP contribution in [0.5, 0.6) is 5.75 Å². The summed E-state index contributed by atoms with van der Waals surface area (Å²) in [5.74, 6) is 0.774. The average Bonchev–Trinajstić information content (AvgIpc) is 2.78. The minimum Gasteiger partial charge on any atom is -0.486 e. The van der Waals surface area contributed by atoms with Crippen LogP contribution in [0.4, 0.5) is 5.69 Å². The highest BCUT2D eigenvalue weighted by Crippen LogP contribution is 2.25. The number of nitrogens with two attached hydrogens (primary N) is 1. The maximum atomic E-state index is 5.86. The average molecular weight is 247 g/mol. The molecule has 17 heavy (non-hydrogen) atoms. The summed E-state index contributed by atoms with van der Waals surface area (Å²) in [6, 6.07) is 10.1. The molecule has 2 rings (SSSR count). The van der Waals surface area contributed by atoms with Gasteiger partial charge in [-0.2, -0.15) is 0 Å². The fourth-order valence-electron chi connectivity index (χ4n) is 1.61. The second-order valence-electron chi connectivity index (χ2n) is 4.05. The molecule has 0 bridgehead atoms. The van der Waals surface area contributed by atoms with Crippen molar-refractivity contribution in [2.75, 3.05) is 5.73 Å². The lowest BCUT2D eigenvalue weighted by atomic mass is 10.2. The zero-order valence-corrected chi connectivity index (χ0v) is 11.0. The zero-order valence-electron chi connectivity index (χ0n) is 10.2. The Morgan fingerprint density at radius 1 is 1.18 bits per heavy atom. The molecule has 0 unspecified atom stereocenters. The van der Waals surface area contributed by atoms with Crippen LogP contribution in [0.1, 0.15) is 22.2 Å². The van der Waals surface area contributed by atoms with Crippen LogP contribution in [0.2, 0.25) is 0 Å². The molecule has 0 aliphatic rings. The van der Waals surface area contributed by atoms with E-state index in [0.29, 0.717) is 12.3 Å². The zero-order chi connectivity index (χ0) is 12.3. The number of ether oxygens (including phenoxy) is 1. The molecule has 0 spiro atoms. The summed E-state index contributed by atoms with van der Waals surface area (Å²) in [6.07, 6.45) is 1.08. The Labute approximate surface area is 106 Å². The van der Waals surface area contributed by atoms with Crippen LogP contribution < -0.4 is 10.5 Å². The summed E-state index contributed by atoms with van der Waals surface area (Å²) in [6.45, 7) is 4.79. The number of aryl methyl sites for hydroxylation is 2. The first-order valence-electron chi connectivity index (χ1n) is 5.75. The number of thiophene rings is 1. The van der Waals surface area contributed by atoms with Gasteiger partial charge in [0.05, 0.1) is 5.69 Å². The van der Waals surface area contributed by atoms with Crippen molar-refractivity contribution in [2.24, 2.45) is 0 Å². The van der Waals surface area contributed by atoms with Gasteiger partial charge in [0, 0.05) is 9.75 Å². The van der Waals surface area contributed by atoms with E-state index in [9.17, 15) is 0 Å². The first kappa shape index (κ1) is 12.0. The highest BCUT2D eigenvalue weighted by Gasteiger charge is 2.03. The minimum absolute atomic E-state index is 0.596. The third-order valence-electron chi connectivity index (χ3n) is 2.60. The molecule has 1 aromatic carbocycles. The molecule has 0 saturated heterocycles. The number of anilines is 1. The molecule has 0 saturated carbocycles. The van der Waals surface area contributed by atoms with Gasteiger partial charge in [-0.3, -0.25) is 0 Å². The molecule has 0 radical (unpaired) electrons. The van der Waals surface area contributed by atoms with Crippen molar-refractivity contribution in [3.63, 3.8) is 0 Å². The molecular formula is C14H17NOS. The lowest BCUT2D eigenvalue weighted by Crippen LogP contribution is -1.97. The smallest absolute Gasteiger partial charge is 0.142 e. The van der Waals surface area contributed by atoms with E-state index in [-0.39, 0.29) is 0 Å². The first-order chi connectivity index (χ1) is 8.19. The Bertz CT molecular complexity index is 505. The quantitative estimate of drug-likeness (QED) is 0.834. The molecule has 90 valence electrons. The molecule has 0 fully saturated rings. The van der Waals surface area contributed by atoms with Crippen molar-refractivity contribution in [3.05, 3.63) is 45.6 Å². The van der Waals surface area contributed by atoms with Crippen molar-refractivity contribution in [1.82, 2.24) is 0 Å². The molecule has 2 nitrogen and oxygen atoms in total. The van der Waals surface area contributed by atoms with Crippen LogP contribution in [-0.2, 0) is 13.0 Å². The maximum Gasteiger partial charge on any atom is 0.142 e. The van der Waals surface area contributed by atoms with Gasteiger partial charge in [0.25, 0.3) is 0 Å². The number of nitrogen functional groups attached to an aromatic ring is 1. The lowest BCUT2D eigenvalue weighted by molar-refractivity contribution is 0.311. The Hall–Kier alpha value is -1.48. The predicted molar refractivity (Wildman–Crippen MR) is 73.6 cm³/mol. The number of rotatable bonds is 4. The van der Waals surface area contributed by atoms with E-state index < -0.39 is 0 Å². The summed E-state index contributed by atoms with van der Waals surface area (Å²) in [5.41, 5.74) is 7.72. The highest BCUT2D eigenvalue weighted by atomic mass is 32.1. The third kappa shape index (κ3) is 3.01. The van der Waals surface area contributed by atoms with Crippen molar-refractivity contribution in [2.45, 2.75) is 26.9 Å². The first-order valence-corrected chi connectivity index (χ1v) is 6.57. The van der Waals surface area contributed by atoms with E-state index in [1.165, 1.54) is 9.75 Å². The van der Waals surface area contributed by atoms with Gasteiger partial charge in [0.1, 0.15) is 12.4 Å². The highest BCUT2D eigenvalue weighted by molar-refractivity contribution is 7.11. The minimum atomic E-state index is 0.596. The van der Waals surface area contributed by atoms with E-state index in [2.05, 4.69) is 19.1 Å². The normalized spacial score (nSPS) is 10.5. The monoisotopic (exact) mass is 247 g/mol. The maximum absolute atomic E-state index is 5.86. The SMILES string of the molecule is CCc1ccc(COc2cc(C)ccc2N)s1. The van der Waals surface area contributed by atoms with E-state index in [1.807, 2.05) is 25.1 Å². The summed E-state index contributed by atoms with van der Waals surface area (Å²) >= 11 is 1.80. The van der Waals surface area contributed by atoms with Gasteiger partial charge in [0.2, 0.25) is 0 Å². The Kier molecular flexibility index (Phi) is 3.69. The number of hydrogen-bond acceptors (Lipinski definition) is 3. The van der Waals surface area contributed by atoms with Gasteiger partial charge in [-0.05, 0) is 43.2 Å². The number of benzene rings is 1. The summed E-state index contributed by atoms with van der Waals surface area (Å²) in [5, 5.41) is 0. The van der Waals surface area contributed by atoms with Crippen LogP contribution in [-0.4, -0.2) is 0 Å². The van der Waals surface area contributed by atoms with Gasteiger partial charge in [-0.25, -0.2) is 0 Å². The predicted octanol–water partition coefficient (Wildman–Crippen LogP) is 3.78. The van der Waals surface area contributed by atoms with Crippen LogP contribution in [0.15, 0.2) is 30.3 Å². The van der Waals surface area contributed by atoms with Crippen molar-refractivity contribution in [3.8, 4) is 5.75 Å². The van der Waals surface area contributed by atoms with E-state index >= 15 is 0 Å². The van der Waals surface area contributed by atoms with E-state index in [0.717, 1.165) is 17.7 Å². The molecule has 2 aromatic rings.